The average Bonchev–Trinajstić information content (AvgIpc) is 3.27. The van der Waals surface area contributed by atoms with Crippen LogP contribution in [0.25, 0.3) is 101 Å². The predicted molar refractivity (Wildman–Crippen MR) is 216 cm³/mol. The lowest BCUT2D eigenvalue weighted by molar-refractivity contribution is 1.28. The molecule has 54 heavy (non-hydrogen) atoms. The summed E-state index contributed by atoms with van der Waals surface area (Å²) in [7, 11) is 0. The molecule has 0 atom stereocenters. The molecule has 34 rings (SSSR count). The summed E-state index contributed by atoms with van der Waals surface area (Å²) >= 11 is 0. The summed E-state index contributed by atoms with van der Waals surface area (Å²) in [5, 5.41) is 0. The van der Waals surface area contributed by atoms with E-state index in [1.807, 2.05) is 37.2 Å². The monoisotopic (exact) mass is 690 g/mol. The van der Waals surface area contributed by atoms with E-state index in [0.717, 1.165) is 101 Å². The maximum Gasteiger partial charge on any atom is 0.0702 e. The van der Waals surface area contributed by atoms with Gasteiger partial charge in [-0.1, -0.05) is 109 Å². The number of benzene rings is 3. The van der Waals surface area contributed by atoms with Crippen LogP contribution in [0.15, 0.2) is 183 Å². The highest BCUT2D eigenvalue weighted by Gasteiger charge is 2.10. The maximum atomic E-state index is 4.78. The minimum absolute atomic E-state index is 0.910. The van der Waals surface area contributed by atoms with Gasteiger partial charge in [0.1, 0.15) is 0 Å². The van der Waals surface area contributed by atoms with Gasteiger partial charge < -0.3 is 0 Å². The smallest absolute Gasteiger partial charge is 0.0702 e. The van der Waals surface area contributed by atoms with Crippen molar-refractivity contribution in [1.82, 2.24) is 29.9 Å². The van der Waals surface area contributed by atoms with Gasteiger partial charge in [0.2, 0.25) is 0 Å². The van der Waals surface area contributed by atoms with Crippen molar-refractivity contribution in [3.8, 4) is 101 Å². The molecule has 6 nitrogen and oxygen atoms in total. The highest BCUT2D eigenvalue weighted by Crippen LogP contribution is 2.31. The fourth-order valence-electron chi connectivity index (χ4n) is 6.85. The van der Waals surface area contributed by atoms with Gasteiger partial charge in [0.05, 0.1) is 34.2 Å². The zero-order valence-electron chi connectivity index (χ0n) is 29.0. The molecule has 0 saturated carbocycles. The van der Waals surface area contributed by atoms with Gasteiger partial charge in [-0.25, -0.2) is 0 Å². The maximum absolute atomic E-state index is 4.78. The van der Waals surface area contributed by atoms with E-state index in [0.29, 0.717) is 0 Å². The van der Waals surface area contributed by atoms with Crippen LogP contribution in [0.1, 0.15) is 0 Å². The Morgan fingerprint density at radius 3 is 0.389 bits per heavy atom. The SMILES string of the molecule is c1cc2ncc1-c1ccc(nc1)-c1ccc(cc1)-c1ccc(cn1)-c1ccc(nc1)-c1ccc(cc1)-c1ccc(cn1)-c1ccc(nc1)-c1ccc-2cc1. The Labute approximate surface area is 312 Å². The van der Waals surface area contributed by atoms with E-state index >= 15 is 0 Å². The Morgan fingerprint density at radius 1 is 0.148 bits per heavy atom. The molecule has 0 N–H and O–H groups in total. The lowest BCUT2D eigenvalue weighted by atomic mass is 10.0. The molecular formula is C48H30N6. The summed E-state index contributed by atoms with van der Waals surface area (Å²) in [5.74, 6) is 0. The van der Waals surface area contributed by atoms with Gasteiger partial charge in [0, 0.05) is 104 Å². The lowest BCUT2D eigenvalue weighted by Gasteiger charge is -2.09. The zero-order chi connectivity index (χ0) is 35.8. The summed E-state index contributed by atoms with van der Waals surface area (Å²) in [4.78, 5) is 28.7. The highest BCUT2D eigenvalue weighted by molar-refractivity contribution is 5.75. The average molecular weight is 691 g/mol. The predicted octanol–water partition coefficient (Wildman–Crippen LogP) is 11.4. The van der Waals surface area contributed by atoms with Crippen molar-refractivity contribution in [2.75, 3.05) is 0 Å². The summed E-state index contributed by atoms with van der Waals surface area (Å²) in [6.07, 6.45) is 11.4. The molecule has 18 bridgehead atoms. The van der Waals surface area contributed by atoms with Crippen LogP contribution in [-0.4, -0.2) is 29.9 Å². The molecule has 27 heterocycles. The topological polar surface area (TPSA) is 77.3 Å². The summed E-state index contributed by atoms with van der Waals surface area (Å²) in [6.45, 7) is 0. The highest BCUT2D eigenvalue weighted by atomic mass is 14.7. The molecular weight excluding hydrogens is 661 g/mol. The molecule has 252 valence electrons. The second-order valence-electron chi connectivity index (χ2n) is 13.3. The van der Waals surface area contributed by atoms with Crippen LogP contribution in [0.4, 0.5) is 0 Å². The standard InChI is InChI=1S/C48H30N6/c1-2-32-4-3-31(1)43-19-13-37(25-49-43)39-15-21-45(51-27-39)33-5-7-35(8-6-33)47-23-17-41(29-53-47)42-18-24-48(54-30-42)36-11-9-34(10-12-36)46-22-16-40(28-52-46)38-14-20-44(32)50-26-38/h1-30H. The second-order valence-corrected chi connectivity index (χ2v) is 13.3. The van der Waals surface area contributed by atoms with Crippen LogP contribution in [0.5, 0.6) is 0 Å². The van der Waals surface area contributed by atoms with Gasteiger partial charge in [0.25, 0.3) is 0 Å². The molecule has 0 spiro atoms. The lowest BCUT2D eigenvalue weighted by Crippen LogP contribution is -1.90. The van der Waals surface area contributed by atoms with Crippen molar-refractivity contribution < 1.29 is 0 Å². The van der Waals surface area contributed by atoms with Crippen molar-refractivity contribution >= 4 is 0 Å². The molecule has 3 aromatic carbocycles. The first-order chi connectivity index (χ1) is 26.7. The molecule has 0 fully saturated rings. The van der Waals surface area contributed by atoms with E-state index in [4.69, 9.17) is 29.9 Å². The van der Waals surface area contributed by atoms with Crippen molar-refractivity contribution in [3.63, 3.8) is 0 Å². The Morgan fingerprint density at radius 2 is 0.278 bits per heavy atom. The molecule has 21 aliphatic heterocycles. The van der Waals surface area contributed by atoms with Crippen molar-refractivity contribution in [2.45, 2.75) is 0 Å². The van der Waals surface area contributed by atoms with Crippen LogP contribution >= 0.6 is 0 Å². The molecule has 6 heteroatoms. The molecule has 9 aromatic rings. The van der Waals surface area contributed by atoms with Gasteiger partial charge in [-0.05, 0) is 36.4 Å². The first-order valence-electron chi connectivity index (χ1n) is 17.8. The van der Waals surface area contributed by atoms with E-state index in [1.165, 1.54) is 0 Å². The van der Waals surface area contributed by atoms with Crippen LogP contribution in [0.2, 0.25) is 0 Å². The number of aromatic nitrogens is 6. The molecule has 0 saturated heterocycles. The molecule has 0 unspecified atom stereocenters. The summed E-state index contributed by atoms with van der Waals surface area (Å²) < 4.78 is 0. The third kappa shape index (κ3) is 6.02. The second kappa shape index (κ2) is 13.3. The normalized spacial score (nSPS) is 11.3. The Hall–Kier alpha value is -7.44. The van der Waals surface area contributed by atoms with Gasteiger partial charge >= 0.3 is 0 Å². The number of hydrogen-bond donors (Lipinski definition) is 0. The molecule has 25 aliphatic rings. The van der Waals surface area contributed by atoms with Gasteiger partial charge in [0.15, 0.2) is 0 Å². The van der Waals surface area contributed by atoms with Crippen molar-refractivity contribution in [2.24, 2.45) is 0 Å². The van der Waals surface area contributed by atoms with Gasteiger partial charge in [-0.3, -0.25) is 29.9 Å². The van der Waals surface area contributed by atoms with Crippen LogP contribution in [0.3, 0.4) is 0 Å². The minimum Gasteiger partial charge on any atom is -0.256 e. The molecule has 4 aliphatic carbocycles. The van der Waals surface area contributed by atoms with E-state index in [-0.39, 0.29) is 0 Å². The van der Waals surface area contributed by atoms with Crippen molar-refractivity contribution in [1.29, 1.82) is 0 Å². The Balaban J connectivity index is 0.987. The fraction of sp³-hybridized carbons (Fsp3) is 0. The molecule has 0 radical (unpaired) electrons. The first-order valence-corrected chi connectivity index (χ1v) is 17.8. The largest absolute Gasteiger partial charge is 0.256 e. The molecule has 6 aromatic heterocycles. The number of rotatable bonds is 0. The Bertz CT molecular complexity index is 1900. The number of pyridine rings is 6. The Kier molecular flexibility index (Phi) is 7.69. The van der Waals surface area contributed by atoms with E-state index < -0.39 is 0 Å². The first kappa shape index (κ1) is 31.3. The van der Waals surface area contributed by atoms with Gasteiger partial charge in [-0.2, -0.15) is 0 Å². The minimum atomic E-state index is 0.910. The summed E-state index contributed by atoms with van der Waals surface area (Å²) in [5.41, 5.74) is 17.8. The van der Waals surface area contributed by atoms with Crippen LogP contribution < -0.4 is 0 Å². The number of hydrogen-bond acceptors (Lipinski definition) is 6. The van der Waals surface area contributed by atoms with E-state index in [2.05, 4.69) is 146 Å². The van der Waals surface area contributed by atoms with E-state index in [9.17, 15) is 0 Å². The van der Waals surface area contributed by atoms with E-state index in [1.54, 1.807) is 0 Å². The fourth-order valence-corrected chi connectivity index (χ4v) is 6.85. The quantitative estimate of drug-likeness (QED) is 0.158. The third-order valence-electron chi connectivity index (χ3n) is 10.0. The zero-order valence-corrected chi connectivity index (χ0v) is 29.0. The summed E-state index contributed by atoms with van der Waals surface area (Å²) in [6, 6.07) is 50.0. The van der Waals surface area contributed by atoms with Gasteiger partial charge in [-0.15, -0.1) is 0 Å². The van der Waals surface area contributed by atoms with Crippen LogP contribution in [0, 0.1) is 0 Å². The molecule has 0 amide bonds. The van der Waals surface area contributed by atoms with Crippen molar-refractivity contribution in [3.05, 3.63) is 183 Å². The third-order valence-corrected chi connectivity index (χ3v) is 10.0. The van der Waals surface area contributed by atoms with Crippen LogP contribution in [-0.2, 0) is 0 Å². The number of nitrogens with zero attached hydrogens (tertiary/aromatic N) is 6.